The first-order valence-electron chi connectivity index (χ1n) is 6.99. The molecule has 20 heavy (non-hydrogen) atoms. The summed E-state index contributed by atoms with van der Waals surface area (Å²) in [5.41, 5.74) is 4.80. The molecule has 0 aliphatic heterocycles. The Kier molecular flexibility index (Phi) is 4.84. The molecule has 0 saturated heterocycles. The fraction of sp³-hybridized carbons (Fsp3) is 0.438. The van der Waals surface area contributed by atoms with Crippen LogP contribution in [0.3, 0.4) is 0 Å². The first-order chi connectivity index (χ1) is 9.52. The highest BCUT2D eigenvalue weighted by Gasteiger charge is 2.17. The molecule has 0 aliphatic rings. The number of hydrogen-bond donors (Lipinski definition) is 1. The van der Waals surface area contributed by atoms with Gasteiger partial charge in [-0.15, -0.1) is 0 Å². The highest BCUT2D eigenvalue weighted by molar-refractivity contribution is 6.31. The quantitative estimate of drug-likeness (QED) is 0.912. The predicted octanol–water partition coefficient (Wildman–Crippen LogP) is 3.58. The van der Waals surface area contributed by atoms with E-state index in [2.05, 4.69) is 43.3 Å². The zero-order chi connectivity index (χ0) is 14.7. The average molecular weight is 292 g/mol. The maximum Gasteiger partial charge on any atom is 0.0540 e. The van der Waals surface area contributed by atoms with E-state index < -0.39 is 0 Å². The molecule has 0 bridgehead atoms. The number of hydrogen-bond acceptors (Lipinski definition) is 2. The molecule has 108 valence electrons. The summed E-state index contributed by atoms with van der Waals surface area (Å²) in [6, 6.07) is 6.50. The molecule has 0 aliphatic carbocycles. The Balaban J connectivity index is 2.28. The van der Waals surface area contributed by atoms with Gasteiger partial charge in [0.15, 0.2) is 0 Å². The Bertz CT molecular complexity index is 589. The van der Waals surface area contributed by atoms with Crippen LogP contribution >= 0.6 is 11.6 Å². The lowest BCUT2D eigenvalue weighted by atomic mass is 9.98. The van der Waals surface area contributed by atoms with Crippen LogP contribution in [0.4, 0.5) is 0 Å². The van der Waals surface area contributed by atoms with E-state index in [0.29, 0.717) is 0 Å². The van der Waals surface area contributed by atoms with Gasteiger partial charge >= 0.3 is 0 Å². The summed E-state index contributed by atoms with van der Waals surface area (Å²) in [5.74, 6) is 0. The van der Waals surface area contributed by atoms with Gasteiger partial charge < -0.3 is 5.32 Å². The number of aryl methyl sites for hydroxylation is 2. The van der Waals surface area contributed by atoms with Crippen molar-refractivity contribution in [2.45, 2.75) is 33.2 Å². The van der Waals surface area contributed by atoms with E-state index in [-0.39, 0.29) is 6.04 Å². The molecule has 4 heteroatoms. The van der Waals surface area contributed by atoms with Crippen molar-refractivity contribution >= 4 is 11.6 Å². The third-order valence-electron chi connectivity index (χ3n) is 3.73. The number of nitrogens with zero attached hydrogens (tertiary/aromatic N) is 2. The molecule has 0 fully saturated rings. The Hall–Kier alpha value is -1.32. The van der Waals surface area contributed by atoms with Crippen LogP contribution in [0.5, 0.6) is 0 Å². The monoisotopic (exact) mass is 291 g/mol. The second-order valence-corrected chi connectivity index (χ2v) is 5.63. The number of benzene rings is 1. The molecule has 1 aromatic carbocycles. The highest BCUT2D eigenvalue weighted by Crippen LogP contribution is 2.26. The zero-order valence-electron chi connectivity index (χ0n) is 12.6. The lowest BCUT2D eigenvalue weighted by Crippen LogP contribution is -2.23. The predicted molar refractivity (Wildman–Crippen MR) is 84.3 cm³/mol. The van der Waals surface area contributed by atoms with Crippen molar-refractivity contribution in [3.05, 3.63) is 51.8 Å². The molecule has 0 radical (unpaired) electrons. The minimum absolute atomic E-state index is 0.244. The van der Waals surface area contributed by atoms with Gasteiger partial charge in [0.05, 0.1) is 6.20 Å². The normalized spacial score (nSPS) is 12.7. The molecule has 0 saturated carbocycles. The maximum atomic E-state index is 6.36. The summed E-state index contributed by atoms with van der Waals surface area (Å²) < 4.78 is 1.91. The second-order valence-electron chi connectivity index (χ2n) is 5.22. The molecule has 0 amide bonds. The number of rotatable bonds is 5. The van der Waals surface area contributed by atoms with Gasteiger partial charge in [-0.2, -0.15) is 5.10 Å². The van der Waals surface area contributed by atoms with E-state index in [0.717, 1.165) is 18.0 Å². The minimum Gasteiger partial charge on any atom is -0.310 e. The van der Waals surface area contributed by atoms with Gasteiger partial charge in [-0.3, -0.25) is 4.68 Å². The van der Waals surface area contributed by atoms with Gasteiger partial charge in [-0.1, -0.05) is 30.7 Å². The summed E-state index contributed by atoms with van der Waals surface area (Å²) in [5, 5.41) is 8.71. The zero-order valence-corrected chi connectivity index (χ0v) is 13.3. The third-order valence-corrected chi connectivity index (χ3v) is 4.08. The molecule has 2 aromatic rings. The SMILES string of the molecule is CCNC(Cc1ccc(C)cc1Cl)c1cnn(C)c1C. The van der Waals surface area contributed by atoms with Gasteiger partial charge in [-0.25, -0.2) is 0 Å². The van der Waals surface area contributed by atoms with Gasteiger partial charge in [0.1, 0.15) is 0 Å². The Morgan fingerprint density at radius 1 is 1.35 bits per heavy atom. The summed E-state index contributed by atoms with van der Waals surface area (Å²) in [4.78, 5) is 0. The molecule has 2 rings (SSSR count). The van der Waals surface area contributed by atoms with E-state index in [1.54, 1.807) is 0 Å². The van der Waals surface area contributed by atoms with Crippen molar-refractivity contribution in [3.63, 3.8) is 0 Å². The molecular formula is C16H22ClN3. The van der Waals surface area contributed by atoms with E-state index in [1.165, 1.54) is 22.4 Å². The van der Waals surface area contributed by atoms with Crippen LogP contribution in [0.1, 0.15) is 35.3 Å². The van der Waals surface area contributed by atoms with Crippen LogP contribution in [0.2, 0.25) is 5.02 Å². The molecule has 0 spiro atoms. The van der Waals surface area contributed by atoms with Gasteiger partial charge in [0.2, 0.25) is 0 Å². The Morgan fingerprint density at radius 2 is 2.10 bits per heavy atom. The van der Waals surface area contributed by atoms with E-state index in [9.17, 15) is 0 Å². The van der Waals surface area contributed by atoms with Crippen LogP contribution in [-0.4, -0.2) is 16.3 Å². The van der Waals surface area contributed by atoms with Crippen molar-refractivity contribution < 1.29 is 0 Å². The first kappa shape index (κ1) is 15.1. The minimum atomic E-state index is 0.244. The van der Waals surface area contributed by atoms with Gasteiger partial charge in [-0.05, 0) is 44.0 Å². The molecule has 1 N–H and O–H groups in total. The smallest absolute Gasteiger partial charge is 0.0540 e. The van der Waals surface area contributed by atoms with E-state index in [4.69, 9.17) is 11.6 Å². The lowest BCUT2D eigenvalue weighted by molar-refractivity contribution is 0.546. The molecule has 1 aromatic heterocycles. The fourth-order valence-corrected chi connectivity index (χ4v) is 2.75. The summed E-state index contributed by atoms with van der Waals surface area (Å²) in [6.07, 6.45) is 2.82. The lowest BCUT2D eigenvalue weighted by Gasteiger charge is -2.19. The maximum absolute atomic E-state index is 6.36. The summed E-state index contributed by atoms with van der Waals surface area (Å²) in [6.45, 7) is 7.20. The largest absolute Gasteiger partial charge is 0.310 e. The van der Waals surface area contributed by atoms with Crippen LogP contribution in [0.15, 0.2) is 24.4 Å². The van der Waals surface area contributed by atoms with Gasteiger partial charge in [0.25, 0.3) is 0 Å². The molecule has 1 atom stereocenters. The standard InChI is InChI=1S/C16H22ClN3/c1-5-18-16(14-10-19-20(4)12(14)3)9-13-7-6-11(2)8-15(13)17/h6-8,10,16,18H,5,9H2,1-4H3. The first-order valence-corrected chi connectivity index (χ1v) is 7.37. The van der Waals surface area contributed by atoms with Crippen LogP contribution in [0.25, 0.3) is 0 Å². The molecule has 1 heterocycles. The summed E-state index contributed by atoms with van der Waals surface area (Å²) in [7, 11) is 1.97. The van der Waals surface area contributed by atoms with Crippen molar-refractivity contribution in [3.8, 4) is 0 Å². The number of aromatic nitrogens is 2. The third kappa shape index (κ3) is 3.22. The Labute approximate surface area is 126 Å². The van der Waals surface area contributed by atoms with Crippen molar-refractivity contribution in [1.29, 1.82) is 0 Å². The number of halogens is 1. The van der Waals surface area contributed by atoms with Crippen LogP contribution in [0, 0.1) is 13.8 Å². The molecular weight excluding hydrogens is 270 g/mol. The number of likely N-dealkylation sites (N-methyl/N-ethyl adjacent to an activating group) is 1. The highest BCUT2D eigenvalue weighted by atomic mass is 35.5. The van der Waals surface area contributed by atoms with Crippen molar-refractivity contribution in [2.24, 2.45) is 7.05 Å². The van der Waals surface area contributed by atoms with Gasteiger partial charge in [0, 0.05) is 29.4 Å². The number of nitrogens with one attached hydrogen (secondary N) is 1. The van der Waals surface area contributed by atoms with Crippen molar-refractivity contribution in [1.82, 2.24) is 15.1 Å². The average Bonchev–Trinajstić information content (AvgIpc) is 2.73. The molecule has 1 unspecified atom stereocenters. The fourth-order valence-electron chi connectivity index (χ4n) is 2.43. The van der Waals surface area contributed by atoms with E-state index >= 15 is 0 Å². The van der Waals surface area contributed by atoms with Crippen molar-refractivity contribution in [2.75, 3.05) is 6.54 Å². The second kappa shape index (κ2) is 6.42. The molecule has 3 nitrogen and oxygen atoms in total. The summed E-state index contributed by atoms with van der Waals surface area (Å²) >= 11 is 6.36. The Morgan fingerprint density at radius 3 is 2.65 bits per heavy atom. The van der Waals surface area contributed by atoms with Crippen LogP contribution in [-0.2, 0) is 13.5 Å². The topological polar surface area (TPSA) is 29.9 Å². The van der Waals surface area contributed by atoms with E-state index in [1.807, 2.05) is 24.0 Å². The van der Waals surface area contributed by atoms with Crippen LogP contribution < -0.4 is 5.32 Å².